The van der Waals surface area contributed by atoms with Crippen LogP contribution in [0.2, 0.25) is 0 Å². The molecule has 0 fully saturated rings. The van der Waals surface area contributed by atoms with E-state index in [9.17, 15) is 9.18 Å². The van der Waals surface area contributed by atoms with Crippen molar-refractivity contribution >= 4 is 5.97 Å². The fourth-order valence-corrected chi connectivity index (χ4v) is 1.94. The van der Waals surface area contributed by atoms with Crippen molar-refractivity contribution in [3.63, 3.8) is 0 Å². The zero-order valence-electron chi connectivity index (χ0n) is 10.1. The first kappa shape index (κ1) is 12.3. The summed E-state index contributed by atoms with van der Waals surface area (Å²) in [7, 11) is 0. The number of carbonyl (C=O) groups is 1. The van der Waals surface area contributed by atoms with E-state index >= 15 is 0 Å². The minimum absolute atomic E-state index is 0.0764. The van der Waals surface area contributed by atoms with Gasteiger partial charge in [-0.1, -0.05) is 6.07 Å². The van der Waals surface area contributed by atoms with Gasteiger partial charge in [-0.05, 0) is 32.0 Å². The Kier molecular flexibility index (Phi) is 3.14. The molecule has 1 aromatic carbocycles. The molecule has 0 atom stereocenters. The number of aromatic nitrogens is 2. The number of aryl methyl sites for hydroxylation is 1. The maximum absolute atomic E-state index is 13.2. The van der Waals surface area contributed by atoms with Gasteiger partial charge in [-0.3, -0.25) is 4.79 Å². The second-order valence-corrected chi connectivity index (χ2v) is 4.11. The molecular weight excluding hydrogens is 235 g/mol. The second-order valence-electron chi connectivity index (χ2n) is 4.11. The molecule has 0 aliphatic heterocycles. The van der Waals surface area contributed by atoms with Crippen LogP contribution in [0.4, 0.5) is 4.39 Å². The van der Waals surface area contributed by atoms with Crippen molar-refractivity contribution in [3.05, 3.63) is 47.0 Å². The van der Waals surface area contributed by atoms with Crippen molar-refractivity contribution in [2.75, 3.05) is 0 Å². The van der Waals surface area contributed by atoms with Crippen LogP contribution in [0.15, 0.2) is 24.3 Å². The van der Waals surface area contributed by atoms with Crippen molar-refractivity contribution in [1.82, 2.24) is 9.78 Å². The van der Waals surface area contributed by atoms with E-state index in [4.69, 9.17) is 5.11 Å². The van der Waals surface area contributed by atoms with Crippen molar-refractivity contribution in [2.24, 2.45) is 0 Å². The van der Waals surface area contributed by atoms with Crippen molar-refractivity contribution in [3.8, 4) is 5.69 Å². The van der Waals surface area contributed by atoms with Crippen LogP contribution >= 0.6 is 0 Å². The summed E-state index contributed by atoms with van der Waals surface area (Å²) in [4.78, 5) is 10.8. The van der Waals surface area contributed by atoms with Crippen molar-refractivity contribution in [1.29, 1.82) is 0 Å². The quantitative estimate of drug-likeness (QED) is 0.906. The molecule has 0 radical (unpaired) electrons. The molecule has 2 aromatic rings. The monoisotopic (exact) mass is 248 g/mol. The maximum Gasteiger partial charge on any atom is 0.307 e. The lowest BCUT2D eigenvalue weighted by Gasteiger charge is -2.04. The molecule has 0 bridgehead atoms. The molecule has 0 amide bonds. The van der Waals surface area contributed by atoms with E-state index in [2.05, 4.69) is 5.10 Å². The lowest BCUT2D eigenvalue weighted by molar-refractivity contribution is -0.136. The van der Waals surface area contributed by atoms with Crippen LogP contribution in [-0.4, -0.2) is 20.9 Å². The molecule has 4 nitrogen and oxygen atoms in total. The lowest BCUT2D eigenvalue weighted by Crippen LogP contribution is -2.03. The summed E-state index contributed by atoms with van der Waals surface area (Å²) in [6.45, 7) is 3.53. The van der Waals surface area contributed by atoms with Gasteiger partial charge in [0, 0.05) is 11.3 Å². The van der Waals surface area contributed by atoms with E-state index in [-0.39, 0.29) is 12.2 Å². The Morgan fingerprint density at radius 1 is 1.44 bits per heavy atom. The standard InChI is InChI=1S/C13H13FN2O2/c1-8-12(7-13(17)18)9(2)16(15-8)11-5-3-4-10(14)6-11/h3-6H,7H2,1-2H3,(H,17,18). The molecule has 18 heavy (non-hydrogen) atoms. The summed E-state index contributed by atoms with van der Waals surface area (Å²) in [6, 6.07) is 6.04. The highest BCUT2D eigenvalue weighted by Crippen LogP contribution is 2.18. The number of rotatable bonds is 3. The van der Waals surface area contributed by atoms with Crippen LogP contribution in [-0.2, 0) is 11.2 Å². The van der Waals surface area contributed by atoms with Gasteiger partial charge in [0.25, 0.3) is 0 Å². The Labute approximate surface area is 104 Å². The summed E-state index contributed by atoms with van der Waals surface area (Å²) < 4.78 is 14.7. The molecule has 94 valence electrons. The fraction of sp³-hybridized carbons (Fsp3) is 0.231. The van der Waals surface area contributed by atoms with Crippen LogP contribution in [0.3, 0.4) is 0 Å². The summed E-state index contributed by atoms with van der Waals surface area (Å²) in [5, 5.41) is 13.1. The molecule has 0 saturated heterocycles. The van der Waals surface area contributed by atoms with E-state index < -0.39 is 5.97 Å². The maximum atomic E-state index is 13.2. The number of halogens is 1. The highest BCUT2D eigenvalue weighted by Gasteiger charge is 2.15. The predicted molar refractivity (Wildman–Crippen MR) is 64.3 cm³/mol. The van der Waals surface area contributed by atoms with Gasteiger partial charge in [-0.25, -0.2) is 9.07 Å². The minimum atomic E-state index is -0.903. The third kappa shape index (κ3) is 2.25. The highest BCUT2D eigenvalue weighted by molar-refractivity contribution is 5.71. The van der Waals surface area contributed by atoms with E-state index in [1.54, 1.807) is 30.7 Å². The van der Waals surface area contributed by atoms with Gasteiger partial charge in [0.15, 0.2) is 0 Å². The smallest absolute Gasteiger partial charge is 0.307 e. The topological polar surface area (TPSA) is 55.1 Å². The molecule has 1 aromatic heterocycles. The normalized spacial score (nSPS) is 10.6. The number of benzene rings is 1. The van der Waals surface area contributed by atoms with Crippen LogP contribution < -0.4 is 0 Å². The third-order valence-electron chi connectivity index (χ3n) is 2.82. The molecule has 0 aliphatic carbocycles. The SMILES string of the molecule is Cc1nn(-c2cccc(F)c2)c(C)c1CC(=O)O. The first-order valence-electron chi connectivity index (χ1n) is 5.52. The van der Waals surface area contributed by atoms with Gasteiger partial charge in [0.2, 0.25) is 0 Å². The van der Waals surface area contributed by atoms with Gasteiger partial charge >= 0.3 is 5.97 Å². The second kappa shape index (κ2) is 4.60. The third-order valence-corrected chi connectivity index (χ3v) is 2.82. The average Bonchev–Trinajstić information content (AvgIpc) is 2.56. The van der Waals surface area contributed by atoms with Gasteiger partial charge in [-0.2, -0.15) is 5.10 Å². The Hall–Kier alpha value is -2.17. The van der Waals surface area contributed by atoms with E-state index in [1.165, 1.54) is 12.1 Å². The first-order chi connectivity index (χ1) is 8.49. The predicted octanol–water partition coefficient (Wildman–Crippen LogP) is 2.26. The molecular formula is C13H13FN2O2. The fourth-order valence-electron chi connectivity index (χ4n) is 1.94. The van der Waals surface area contributed by atoms with Gasteiger partial charge < -0.3 is 5.11 Å². The summed E-state index contributed by atoms with van der Waals surface area (Å²) >= 11 is 0. The van der Waals surface area contributed by atoms with Crippen molar-refractivity contribution in [2.45, 2.75) is 20.3 Å². The molecule has 0 saturated carbocycles. The number of carboxylic acids is 1. The number of carboxylic acid groups (broad SMARTS) is 1. The Morgan fingerprint density at radius 3 is 2.78 bits per heavy atom. The Balaban J connectivity index is 2.50. The first-order valence-corrected chi connectivity index (χ1v) is 5.52. The summed E-state index contributed by atoms with van der Waals surface area (Å²) in [6.07, 6.45) is -0.0764. The van der Waals surface area contributed by atoms with Crippen molar-refractivity contribution < 1.29 is 14.3 Å². The molecule has 5 heteroatoms. The summed E-state index contributed by atoms with van der Waals surface area (Å²) in [5.41, 5.74) is 2.64. The molecule has 1 heterocycles. The number of hydrogen-bond donors (Lipinski definition) is 1. The Bertz CT molecular complexity index is 605. The van der Waals surface area contributed by atoms with E-state index in [1.807, 2.05) is 0 Å². The summed E-state index contributed by atoms with van der Waals surface area (Å²) in [5.74, 6) is -1.25. The molecule has 0 aliphatic rings. The molecule has 2 rings (SSSR count). The van der Waals surface area contributed by atoms with Gasteiger partial charge in [0.1, 0.15) is 5.82 Å². The van der Waals surface area contributed by atoms with E-state index in [0.717, 1.165) is 5.69 Å². The number of nitrogens with zero attached hydrogens (tertiary/aromatic N) is 2. The van der Waals surface area contributed by atoms with E-state index in [0.29, 0.717) is 16.9 Å². The van der Waals surface area contributed by atoms with Crippen LogP contribution in [0.5, 0.6) is 0 Å². The minimum Gasteiger partial charge on any atom is -0.481 e. The number of hydrogen-bond acceptors (Lipinski definition) is 2. The van der Waals surface area contributed by atoms with Crippen LogP contribution in [0.1, 0.15) is 17.0 Å². The van der Waals surface area contributed by atoms with Crippen LogP contribution in [0.25, 0.3) is 5.69 Å². The van der Waals surface area contributed by atoms with Gasteiger partial charge in [0.05, 0.1) is 17.8 Å². The number of aliphatic carboxylic acids is 1. The zero-order chi connectivity index (χ0) is 13.3. The highest BCUT2D eigenvalue weighted by atomic mass is 19.1. The molecule has 1 N–H and O–H groups in total. The van der Waals surface area contributed by atoms with Gasteiger partial charge in [-0.15, -0.1) is 0 Å². The zero-order valence-corrected chi connectivity index (χ0v) is 10.1. The Morgan fingerprint density at radius 2 is 2.17 bits per heavy atom. The largest absolute Gasteiger partial charge is 0.481 e. The molecule has 0 unspecified atom stereocenters. The average molecular weight is 248 g/mol. The molecule has 0 spiro atoms. The lowest BCUT2D eigenvalue weighted by atomic mass is 10.1. The van der Waals surface area contributed by atoms with Crippen LogP contribution in [0, 0.1) is 19.7 Å².